The van der Waals surface area contributed by atoms with Gasteiger partial charge in [-0.2, -0.15) is 0 Å². The molecule has 3 atom stereocenters. The number of amides is 1. The maximum absolute atomic E-state index is 14.2. The molecule has 1 amide bonds. The number of likely N-dealkylation sites (tertiary alicyclic amines) is 1. The lowest BCUT2D eigenvalue weighted by atomic mass is 9.93. The van der Waals surface area contributed by atoms with Crippen LogP contribution < -0.4 is 20.1 Å². The minimum Gasteiger partial charge on any atom is -0.486 e. The average molecular weight is 593 g/mol. The summed E-state index contributed by atoms with van der Waals surface area (Å²) in [5.41, 5.74) is 4.79. The van der Waals surface area contributed by atoms with Crippen molar-refractivity contribution in [2.24, 2.45) is 0 Å². The molecule has 0 bridgehead atoms. The molecule has 2 aliphatic rings. The molecular formula is C34H42FN2O4P. The van der Waals surface area contributed by atoms with Crippen LogP contribution >= 0.6 is 8.58 Å². The number of aliphatic hydroxyl groups is 1. The topological polar surface area (TPSA) is 71.0 Å². The van der Waals surface area contributed by atoms with E-state index in [-0.39, 0.29) is 36.8 Å². The zero-order valence-corrected chi connectivity index (χ0v) is 25.6. The first-order chi connectivity index (χ1) is 20.5. The zero-order valence-electron chi connectivity index (χ0n) is 24.6. The summed E-state index contributed by atoms with van der Waals surface area (Å²) in [6.07, 6.45) is 5.15. The number of unbranched alkanes of at least 4 members (excludes halogenated alkanes) is 1. The highest BCUT2D eigenvalue weighted by molar-refractivity contribution is 7.47. The zero-order chi connectivity index (χ0) is 29.5. The van der Waals surface area contributed by atoms with Crippen LogP contribution in [0.25, 0.3) is 0 Å². The number of benzene rings is 3. The number of ether oxygens (including phenoxy) is 2. The summed E-state index contributed by atoms with van der Waals surface area (Å²) < 4.78 is 25.8. The molecule has 42 heavy (non-hydrogen) atoms. The Balaban J connectivity index is 1.36. The van der Waals surface area contributed by atoms with E-state index in [0.717, 1.165) is 68.9 Å². The van der Waals surface area contributed by atoms with Gasteiger partial charge in [0.15, 0.2) is 11.5 Å². The number of hydrogen-bond donors (Lipinski definition) is 2. The molecule has 2 unspecified atom stereocenters. The summed E-state index contributed by atoms with van der Waals surface area (Å²) in [5.74, 6) is 1.46. The maximum Gasteiger partial charge on any atom is 0.238 e. The standard InChI is InChI=1S/C34H42FN2O4P/c1-3-23-17-28(35)18-24(4-2)34(23)36-33(39)22-37-21-27(26-9-12-31-32(20-26)41-15-14-40-31)19-30(37)25-7-10-29(11-8-25)42-16-6-5-13-38/h7-12,17-18,20,27,30,38,42H,3-6,13-16,19,21-22H2,1-2H3,(H,36,39)/t27?,30-/m1/s1. The van der Waals surface area contributed by atoms with E-state index in [4.69, 9.17) is 14.6 Å². The van der Waals surface area contributed by atoms with Crippen molar-refractivity contribution in [3.8, 4) is 11.5 Å². The van der Waals surface area contributed by atoms with Crippen molar-refractivity contribution in [3.63, 3.8) is 0 Å². The van der Waals surface area contributed by atoms with Gasteiger partial charge in [0.25, 0.3) is 0 Å². The van der Waals surface area contributed by atoms with Crippen LogP contribution in [-0.4, -0.2) is 55.0 Å². The first-order valence-electron chi connectivity index (χ1n) is 15.2. The van der Waals surface area contributed by atoms with E-state index in [0.29, 0.717) is 26.1 Å². The van der Waals surface area contributed by atoms with E-state index in [1.54, 1.807) is 0 Å². The molecule has 5 rings (SSSR count). The lowest BCUT2D eigenvalue weighted by molar-refractivity contribution is -0.117. The largest absolute Gasteiger partial charge is 0.486 e. The first-order valence-corrected chi connectivity index (χ1v) is 16.4. The number of aliphatic hydroxyl groups excluding tert-OH is 1. The molecule has 0 aromatic heterocycles. The maximum atomic E-state index is 14.2. The Kier molecular flexibility index (Phi) is 10.5. The van der Waals surface area contributed by atoms with E-state index in [9.17, 15) is 9.18 Å². The number of nitrogens with one attached hydrogen (secondary N) is 1. The third-order valence-corrected chi connectivity index (χ3v) is 9.64. The normalized spacial score (nSPS) is 18.6. The molecule has 0 radical (unpaired) electrons. The van der Waals surface area contributed by atoms with Gasteiger partial charge in [0.1, 0.15) is 19.0 Å². The van der Waals surface area contributed by atoms with Crippen molar-refractivity contribution >= 4 is 25.5 Å². The molecule has 1 fully saturated rings. The van der Waals surface area contributed by atoms with Gasteiger partial charge in [-0.15, -0.1) is 0 Å². The van der Waals surface area contributed by atoms with Crippen molar-refractivity contribution in [2.45, 2.75) is 57.9 Å². The van der Waals surface area contributed by atoms with E-state index in [2.05, 4.69) is 46.6 Å². The summed E-state index contributed by atoms with van der Waals surface area (Å²) in [5, 5.41) is 13.5. The monoisotopic (exact) mass is 592 g/mol. The molecule has 0 aliphatic carbocycles. The number of halogens is 1. The van der Waals surface area contributed by atoms with Crippen molar-refractivity contribution in [1.82, 2.24) is 4.90 Å². The lowest BCUT2D eigenvalue weighted by Crippen LogP contribution is -2.33. The number of hydrogen-bond acceptors (Lipinski definition) is 5. The van der Waals surface area contributed by atoms with Crippen molar-refractivity contribution < 1.29 is 23.8 Å². The molecule has 2 heterocycles. The van der Waals surface area contributed by atoms with Crippen LogP contribution in [0.4, 0.5) is 10.1 Å². The Morgan fingerprint density at radius 3 is 2.36 bits per heavy atom. The van der Waals surface area contributed by atoms with Gasteiger partial charge in [-0.1, -0.05) is 52.8 Å². The highest BCUT2D eigenvalue weighted by Gasteiger charge is 2.35. The molecule has 8 heteroatoms. The number of aryl methyl sites for hydroxylation is 2. The SMILES string of the molecule is CCc1cc(F)cc(CC)c1NC(=O)CN1CC(c2ccc3c(c2)OCCO3)C[C@@H]1c1ccc(PCCCCO)cc1. The Morgan fingerprint density at radius 1 is 0.976 bits per heavy atom. The molecular weight excluding hydrogens is 550 g/mol. The molecule has 0 spiro atoms. The van der Waals surface area contributed by atoms with Crippen molar-refractivity contribution in [1.29, 1.82) is 0 Å². The van der Waals surface area contributed by atoms with E-state index >= 15 is 0 Å². The number of carbonyl (C=O) groups is 1. The van der Waals surface area contributed by atoms with Gasteiger partial charge in [0.2, 0.25) is 5.91 Å². The number of nitrogens with zero attached hydrogens (tertiary/aromatic N) is 1. The van der Waals surface area contributed by atoms with E-state index < -0.39 is 0 Å². The Hall–Kier alpha value is -2.99. The summed E-state index contributed by atoms with van der Waals surface area (Å²) in [6.45, 7) is 6.31. The van der Waals surface area contributed by atoms with Crippen LogP contribution in [0, 0.1) is 5.82 Å². The molecule has 3 aromatic carbocycles. The summed E-state index contributed by atoms with van der Waals surface area (Å²) >= 11 is 0. The number of rotatable bonds is 12. The van der Waals surface area contributed by atoms with Crippen LogP contribution in [0.1, 0.15) is 67.3 Å². The van der Waals surface area contributed by atoms with Crippen molar-refractivity contribution in [2.75, 3.05) is 44.4 Å². The van der Waals surface area contributed by atoms with Gasteiger partial charge in [-0.3, -0.25) is 9.69 Å². The van der Waals surface area contributed by atoms with Gasteiger partial charge < -0.3 is 19.9 Å². The molecule has 1 saturated heterocycles. The Bertz CT molecular complexity index is 1340. The van der Waals surface area contributed by atoms with Crippen LogP contribution in [0.15, 0.2) is 54.6 Å². The quantitative estimate of drug-likeness (QED) is 0.201. The highest BCUT2D eigenvalue weighted by atomic mass is 31.1. The molecule has 6 nitrogen and oxygen atoms in total. The fourth-order valence-corrected chi connectivity index (χ4v) is 7.20. The first kappa shape index (κ1) is 30.5. The molecule has 0 saturated carbocycles. The molecule has 2 N–H and O–H groups in total. The van der Waals surface area contributed by atoms with Crippen LogP contribution in [0.3, 0.4) is 0 Å². The Labute approximate surface area is 250 Å². The molecule has 3 aromatic rings. The van der Waals surface area contributed by atoms with Crippen molar-refractivity contribution in [3.05, 3.63) is 82.7 Å². The minimum absolute atomic E-state index is 0.0826. The summed E-state index contributed by atoms with van der Waals surface area (Å²) in [7, 11) is 0.725. The summed E-state index contributed by atoms with van der Waals surface area (Å²) in [4.78, 5) is 15.8. The number of anilines is 1. The van der Waals surface area contributed by atoms with Gasteiger partial charge >= 0.3 is 0 Å². The van der Waals surface area contributed by atoms with Crippen LogP contribution in [0.2, 0.25) is 0 Å². The summed E-state index contributed by atoms with van der Waals surface area (Å²) in [6, 6.07) is 18.2. The van der Waals surface area contributed by atoms with Gasteiger partial charge in [-0.25, -0.2) is 4.39 Å². The third-order valence-electron chi connectivity index (χ3n) is 8.29. The highest BCUT2D eigenvalue weighted by Crippen LogP contribution is 2.43. The predicted molar refractivity (Wildman–Crippen MR) is 168 cm³/mol. The second kappa shape index (κ2) is 14.5. The molecule has 2 aliphatic heterocycles. The Morgan fingerprint density at radius 2 is 1.67 bits per heavy atom. The fraction of sp³-hybridized carbons (Fsp3) is 0.441. The van der Waals surface area contributed by atoms with Gasteiger partial charge in [-0.05, 0) is 96.0 Å². The average Bonchev–Trinajstić information content (AvgIpc) is 3.43. The van der Waals surface area contributed by atoms with Gasteiger partial charge in [0, 0.05) is 24.9 Å². The fourth-order valence-electron chi connectivity index (χ4n) is 6.08. The number of fused-ring (bicyclic) bond motifs is 1. The molecule has 224 valence electrons. The second-order valence-corrected chi connectivity index (χ2v) is 12.5. The number of carbonyl (C=O) groups excluding carboxylic acids is 1. The third kappa shape index (κ3) is 7.31. The minimum atomic E-state index is -0.263. The van der Waals surface area contributed by atoms with E-state index in [1.165, 1.54) is 28.6 Å². The predicted octanol–water partition coefficient (Wildman–Crippen LogP) is 5.97. The second-order valence-electron chi connectivity index (χ2n) is 11.1. The van der Waals surface area contributed by atoms with Gasteiger partial charge in [0.05, 0.1) is 6.54 Å². The van der Waals surface area contributed by atoms with Crippen LogP contribution in [0.5, 0.6) is 11.5 Å². The smallest absolute Gasteiger partial charge is 0.238 e. The van der Waals surface area contributed by atoms with Crippen LogP contribution in [-0.2, 0) is 17.6 Å². The lowest BCUT2D eigenvalue weighted by Gasteiger charge is -2.25. The van der Waals surface area contributed by atoms with E-state index in [1.807, 2.05) is 19.9 Å².